The van der Waals surface area contributed by atoms with Gasteiger partial charge in [-0.1, -0.05) is 45.1 Å². The van der Waals surface area contributed by atoms with Crippen LogP contribution in [0.1, 0.15) is 88.2 Å². The lowest BCUT2D eigenvalue weighted by molar-refractivity contribution is 0.113. The van der Waals surface area contributed by atoms with Crippen molar-refractivity contribution in [2.45, 2.75) is 77.0 Å². The summed E-state index contributed by atoms with van der Waals surface area (Å²) in [5, 5.41) is 9.91. The van der Waals surface area contributed by atoms with Crippen LogP contribution < -0.4 is 0 Å². The average molecular weight is 396 g/mol. The molecular formula is C26H31F2N. The van der Waals surface area contributed by atoms with E-state index in [0.717, 1.165) is 36.2 Å². The van der Waals surface area contributed by atoms with Gasteiger partial charge in [-0.2, -0.15) is 5.26 Å². The van der Waals surface area contributed by atoms with Crippen LogP contribution >= 0.6 is 0 Å². The summed E-state index contributed by atoms with van der Waals surface area (Å²) < 4.78 is 28.8. The highest BCUT2D eigenvalue weighted by atomic mass is 19.1. The van der Waals surface area contributed by atoms with E-state index in [1.54, 1.807) is 12.1 Å². The van der Waals surface area contributed by atoms with Crippen molar-refractivity contribution in [1.29, 1.82) is 5.26 Å². The SMILES string of the molecule is CCCCC[C@@H]1CC[C@@H]2CC(c3cc(F)c4cc(C#N)c(F)cc4c3)CCC2C1. The lowest BCUT2D eigenvalue weighted by atomic mass is 9.63. The smallest absolute Gasteiger partial charge is 0.141 e. The van der Waals surface area contributed by atoms with E-state index < -0.39 is 5.82 Å². The first-order chi connectivity index (χ1) is 14.1. The van der Waals surface area contributed by atoms with Crippen LogP contribution in [0.2, 0.25) is 0 Å². The third kappa shape index (κ3) is 4.32. The van der Waals surface area contributed by atoms with Gasteiger partial charge >= 0.3 is 0 Å². The number of nitrogens with zero attached hydrogens (tertiary/aromatic N) is 1. The zero-order valence-electron chi connectivity index (χ0n) is 17.4. The Morgan fingerprint density at radius 2 is 1.72 bits per heavy atom. The lowest BCUT2D eigenvalue weighted by Gasteiger charge is -2.42. The molecule has 0 saturated heterocycles. The molecule has 2 aliphatic carbocycles. The normalized spacial score (nSPS) is 26.8. The molecule has 0 radical (unpaired) electrons. The van der Waals surface area contributed by atoms with E-state index in [-0.39, 0.29) is 11.4 Å². The third-order valence-electron chi connectivity index (χ3n) is 7.54. The predicted molar refractivity (Wildman–Crippen MR) is 114 cm³/mol. The molecule has 0 bridgehead atoms. The van der Waals surface area contributed by atoms with Gasteiger partial charge in [-0.3, -0.25) is 0 Å². The summed E-state index contributed by atoms with van der Waals surface area (Å²) >= 11 is 0. The molecule has 3 heteroatoms. The highest BCUT2D eigenvalue weighted by Crippen LogP contribution is 2.48. The van der Waals surface area contributed by atoms with Crippen molar-refractivity contribution in [3.63, 3.8) is 0 Å². The zero-order chi connectivity index (χ0) is 20.4. The monoisotopic (exact) mass is 395 g/mol. The van der Waals surface area contributed by atoms with Crippen LogP contribution in [0.15, 0.2) is 24.3 Å². The molecule has 2 saturated carbocycles. The molecule has 1 nitrogen and oxygen atoms in total. The van der Waals surface area contributed by atoms with E-state index in [4.69, 9.17) is 5.26 Å². The van der Waals surface area contributed by atoms with E-state index in [2.05, 4.69) is 6.92 Å². The first-order valence-corrected chi connectivity index (χ1v) is 11.4. The standard InChI is InChI=1S/C26H31F2N/c1-2-3-4-5-17-6-7-19-11-20(9-8-18(19)10-17)21-12-22-15-25(27)23(16-29)13-24(22)26(28)14-21/h12-15,17-20H,2-11H2,1H3/t17-,18?,19-,20?/m1/s1. The quantitative estimate of drug-likeness (QED) is 0.473. The van der Waals surface area contributed by atoms with Crippen LogP contribution in [-0.4, -0.2) is 0 Å². The van der Waals surface area contributed by atoms with Gasteiger partial charge in [-0.15, -0.1) is 0 Å². The minimum Gasteiger partial charge on any atom is -0.206 e. The van der Waals surface area contributed by atoms with Crippen molar-refractivity contribution >= 4 is 10.8 Å². The molecule has 0 N–H and O–H groups in total. The van der Waals surface area contributed by atoms with Gasteiger partial charge in [0.25, 0.3) is 0 Å². The highest BCUT2D eigenvalue weighted by molar-refractivity contribution is 5.85. The molecular weight excluding hydrogens is 364 g/mol. The number of halogens is 2. The van der Waals surface area contributed by atoms with Crippen molar-refractivity contribution in [3.05, 3.63) is 47.0 Å². The highest BCUT2D eigenvalue weighted by Gasteiger charge is 2.36. The Balaban J connectivity index is 1.47. The number of fused-ring (bicyclic) bond motifs is 2. The van der Waals surface area contributed by atoms with Crippen LogP contribution in [0.4, 0.5) is 8.78 Å². The summed E-state index contributed by atoms with van der Waals surface area (Å²) in [6.07, 6.45) is 13.0. The van der Waals surface area contributed by atoms with Crippen molar-refractivity contribution in [2.75, 3.05) is 0 Å². The van der Waals surface area contributed by atoms with Crippen LogP contribution in [0, 0.1) is 40.7 Å². The van der Waals surface area contributed by atoms with Crippen LogP contribution in [0.3, 0.4) is 0 Å². The topological polar surface area (TPSA) is 23.8 Å². The number of hydrogen-bond donors (Lipinski definition) is 0. The van der Waals surface area contributed by atoms with Gasteiger partial charge in [-0.05, 0) is 84.9 Å². The van der Waals surface area contributed by atoms with E-state index in [1.807, 2.05) is 6.07 Å². The molecule has 2 unspecified atom stereocenters. The molecule has 0 aliphatic heterocycles. The lowest BCUT2D eigenvalue weighted by Crippen LogP contribution is -2.30. The molecule has 4 atom stereocenters. The van der Waals surface area contributed by atoms with Gasteiger partial charge in [0.1, 0.15) is 17.7 Å². The fraction of sp³-hybridized carbons (Fsp3) is 0.577. The maximum absolute atomic E-state index is 14.7. The Morgan fingerprint density at radius 1 is 0.931 bits per heavy atom. The molecule has 0 spiro atoms. The predicted octanol–water partition coefficient (Wildman–Crippen LogP) is 7.87. The maximum Gasteiger partial charge on any atom is 0.141 e. The summed E-state index contributed by atoms with van der Waals surface area (Å²) in [4.78, 5) is 0. The van der Waals surface area contributed by atoms with Gasteiger partial charge in [0.05, 0.1) is 5.56 Å². The summed E-state index contributed by atoms with van der Waals surface area (Å²) in [5.41, 5.74) is 0.906. The molecule has 2 aromatic carbocycles. The second kappa shape index (κ2) is 8.82. The Morgan fingerprint density at radius 3 is 2.52 bits per heavy atom. The van der Waals surface area contributed by atoms with E-state index in [9.17, 15) is 8.78 Å². The molecule has 0 aromatic heterocycles. The average Bonchev–Trinajstić information content (AvgIpc) is 2.73. The summed E-state index contributed by atoms with van der Waals surface area (Å²) in [5.74, 6) is 1.97. The first kappa shape index (κ1) is 20.3. The van der Waals surface area contributed by atoms with Crippen molar-refractivity contribution in [1.82, 2.24) is 0 Å². The second-order valence-electron chi connectivity index (χ2n) is 9.37. The van der Waals surface area contributed by atoms with E-state index >= 15 is 0 Å². The molecule has 154 valence electrons. The molecule has 2 aromatic rings. The van der Waals surface area contributed by atoms with Crippen molar-refractivity contribution in [2.24, 2.45) is 17.8 Å². The van der Waals surface area contributed by atoms with Gasteiger partial charge in [-0.25, -0.2) is 8.78 Å². The second-order valence-corrected chi connectivity index (χ2v) is 9.37. The van der Waals surface area contributed by atoms with Crippen molar-refractivity contribution < 1.29 is 8.78 Å². The van der Waals surface area contributed by atoms with Crippen LogP contribution in [0.25, 0.3) is 10.8 Å². The molecule has 0 amide bonds. The minimum atomic E-state index is -0.568. The third-order valence-corrected chi connectivity index (χ3v) is 7.54. The van der Waals surface area contributed by atoms with Gasteiger partial charge < -0.3 is 0 Å². The number of unbranched alkanes of at least 4 members (excludes halogenated alkanes) is 2. The molecule has 29 heavy (non-hydrogen) atoms. The zero-order valence-corrected chi connectivity index (χ0v) is 17.4. The number of benzene rings is 2. The molecule has 0 heterocycles. The summed E-state index contributed by atoms with van der Waals surface area (Å²) in [6, 6.07) is 8.02. The van der Waals surface area contributed by atoms with E-state index in [1.165, 1.54) is 63.5 Å². The molecule has 4 rings (SSSR count). The summed E-state index contributed by atoms with van der Waals surface area (Å²) in [7, 11) is 0. The van der Waals surface area contributed by atoms with Crippen LogP contribution in [-0.2, 0) is 0 Å². The first-order valence-electron chi connectivity index (χ1n) is 11.4. The molecule has 2 fully saturated rings. The van der Waals surface area contributed by atoms with E-state index in [0.29, 0.717) is 16.7 Å². The van der Waals surface area contributed by atoms with Gasteiger partial charge in [0.2, 0.25) is 0 Å². The fourth-order valence-electron chi connectivity index (χ4n) is 5.92. The Bertz CT molecular complexity index is 913. The Kier molecular flexibility index (Phi) is 6.18. The fourth-order valence-corrected chi connectivity index (χ4v) is 5.92. The number of rotatable bonds is 5. The largest absolute Gasteiger partial charge is 0.206 e. The van der Waals surface area contributed by atoms with Crippen LogP contribution in [0.5, 0.6) is 0 Å². The molecule has 2 aliphatic rings. The Labute approximate surface area is 173 Å². The number of hydrogen-bond acceptors (Lipinski definition) is 1. The number of nitriles is 1. The minimum absolute atomic E-state index is 0.0969. The van der Waals surface area contributed by atoms with Crippen molar-refractivity contribution in [3.8, 4) is 6.07 Å². The summed E-state index contributed by atoms with van der Waals surface area (Å²) in [6.45, 7) is 2.27. The maximum atomic E-state index is 14.7. The van der Waals surface area contributed by atoms with Gasteiger partial charge in [0.15, 0.2) is 0 Å². The Hall–Kier alpha value is -1.95. The van der Waals surface area contributed by atoms with Gasteiger partial charge in [0, 0.05) is 5.39 Å².